The molecule has 13 heavy (non-hydrogen) atoms. The Morgan fingerprint density at radius 2 is 2.23 bits per heavy atom. The first-order valence-electron chi connectivity index (χ1n) is 3.47. The van der Waals surface area contributed by atoms with E-state index in [1.807, 2.05) is 0 Å². The van der Waals surface area contributed by atoms with Gasteiger partial charge in [0.15, 0.2) is 0 Å². The van der Waals surface area contributed by atoms with Crippen LogP contribution in [0.4, 0.5) is 4.39 Å². The number of benzene rings is 1. The zero-order chi connectivity index (χ0) is 10.0. The number of rotatable bonds is 2. The maximum atomic E-state index is 13.3. The van der Waals surface area contributed by atoms with Crippen LogP contribution in [0.15, 0.2) is 16.6 Å². The lowest BCUT2D eigenvalue weighted by Crippen LogP contribution is -2.14. The molecule has 1 rings (SSSR count). The van der Waals surface area contributed by atoms with Crippen molar-refractivity contribution in [2.24, 2.45) is 5.73 Å². The summed E-state index contributed by atoms with van der Waals surface area (Å²) in [4.78, 5) is 0. The summed E-state index contributed by atoms with van der Waals surface area (Å²) in [5.74, 6) is -0.617. The minimum Gasteiger partial charge on any atom is -0.387 e. The van der Waals surface area contributed by atoms with Gasteiger partial charge < -0.3 is 5.73 Å². The average molecular weight is 266 g/mol. The summed E-state index contributed by atoms with van der Waals surface area (Å²) in [5, 5.41) is 7.08. The molecule has 3 N–H and O–H groups in total. The molecule has 0 aliphatic carbocycles. The Labute approximate surface area is 88.5 Å². The van der Waals surface area contributed by atoms with Gasteiger partial charge in [-0.05, 0) is 12.1 Å². The number of hydrogen-bond acceptors (Lipinski definition) is 1. The number of hydrogen-bond donors (Lipinski definition) is 2. The van der Waals surface area contributed by atoms with Crippen LogP contribution >= 0.6 is 27.5 Å². The standard InChI is InChI=1S/C8H7BrClFN2/c9-5-1-2-6(10)8(11)4(5)3-7(12)13/h1-2H,3H2,(H3,12,13). The van der Waals surface area contributed by atoms with E-state index in [9.17, 15) is 4.39 Å². The molecule has 1 aromatic carbocycles. The maximum absolute atomic E-state index is 13.3. The first-order chi connectivity index (χ1) is 6.02. The highest BCUT2D eigenvalue weighted by atomic mass is 79.9. The number of amidine groups is 1. The van der Waals surface area contributed by atoms with E-state index < -0.39 is 5.82 Å². The van der Waals surface area contributed by atoms with E-state index in [4.69, 9.17) is 22.7 Å². The molecule has 0 spiro atoms. The molecule has 0 heterocycles. The Hall–Kier alpha value is -0.610. The second-order valence-corrected chi connectivity index (χ2v) is 3.79. The number of halogens is 3. The first-order valence-corrected chi connectivity index (χ1v) is 4.64. The topological polar surface area (TPSA) is 49.9 Å². The molecule has 5 heteroatoms. The van der Waals surface area contributed by atoms with E-state index in [1.54, 1.807) is 6.07 Å². The average Bonchev–Trinajstić information content (AvgIpc) is 2.05. The largest absolute Gasteiger partial charge is 0.387 e. The summed E-state index contributed by atoms with van der Waals surface area (Å²) in [6.45, 7) is 0. The minimum atomic E-state index is -0.522. The molecule has 70 valence electrons. The Bertz CT molecular complexity index is 354. The summed E-state index contributed by atoms with van der Waals surface area (Å²) >= 11 is 8.72. The third-order valence-corrected chi connectivity index (χ3v) is 2.54. The van der Waals surface area contributed by atoms with Gasteiger partial charge in [0.05, 0.1) is 10.9 Å². The molecular weight excluding hydrogens is 258 g/mol. The highest BCUT2D eigenvalue weighted by Crippen LogP contribution is 2.26. The van der Waals surface area contributed by atoms with Crippen LogP contribution in [0.1, 0.15) is 5.56 Å². The van der Waals surface area contributed by atoms with Gasteiger partial charge in [0.25, 0.3) is 0 Å². The zero-order valence-electron chi connectivity index (χ0n) is 6.57. The van der Waals surface area contributed by atoms with Crippen molar-refractivity contribution in [1.82, 2.24) is 0 Å². The molecule has 0 radical (unpaired) electrons. The molecule has 0 aromatic heterocycles. The quantitative estimate of drug-likeness (QED) is 0.482. The lowest BCUT2D eigenvalue weighted by molar-refractivity contribution is 0.615. The molecule has 0 saturated heterocycles. The van der Waals surface area contributed by atoms with Crippen molar-refractivity contribution in [3.63, 3.8) is 0 Å². The normalized spacial score (nSPS) is 10.1. The monoisotopic (exact) mass is 264 g/mol. The van der Waals surface area contributed by atoms with E-state index in [2.05, 4.69) is 15.9 Å². The van der Waals surface area contributed by atoms with Crippen molar-refractivity contribution >= 4 is 33.4 Å². The summed E-state index contributed by atoms with van der Waals surface area (Å²) in [6.07, 6.45) is 0.0625. The van der Waals surface area contributed by atoms with Crippen LogP contribution in [-0.4, -0.2) is 5.84 Å². The Balaban J connectivity index is 3.17. The van der Waals surface area contributed by atoms with E-state index in [-0.39, 0.29) is 17.3 Å². The van der Waals surface area contributed by atoms with Gasteiger partial charge in [0.1, 0.15) is 5.82 Å². The van der Waals surface area contributed by atoms with Crippen LogP contribution in [0.2, 0.25) is 5.02 Å². The fraction of sp³-hybridized carbons (Fsp3) is 0.125. The summed E-state index contributed by atoms with van der Waals surface area (Å²) in [5.41, 5.74) is 5.48. The van der Waals surface area contributed by atoms with Crippen LogP contribution in [0.3, 0.4) is 0 Å². The van der Waals surface area contributed by atoms with Gasteiger partial charge in [-0.2, -0.15) is 0 Å². The molecule has 2 nitrogen and oxygen atoms in total. The zero-order valence-corrected chi connectivity index (χ0v) is 8.91. The fourth-order valence-corrected chi connectivity index (χ4v) is 1.55. The third-order valence-electron chi connectivity index (χ3n) is 1.51. The van der Waals surface area contributed by atoms with Gasteiger partial charge in [-0.1, -0.05) is 27.5 Å². The van der Waals surface area contributed by atoms with Gasteiger partial charge in [0, 0.05) is 16.5 Å². The van der Waals surface area contributed by atoms with E-state index in [0.717, 1.165) is 0 Å². The van der Waals surface area contributed by atoms with Crippen molar-refractivity contribution in [2.75, 3.05) is 0 Å². The van der Waals surface area contributed by atoms with Gasteiger partial charge in [-0.25, -0.2) is 4.39 Å². The molecular formula is C8H7BrClFN2. The Morgan fingerprint density at radius 1 is 1.62 bits per heavy atom. The van der Waals surface area contributed by atoms with Gasteiger partial charge in [0.2, 0.25) is 0 Å². The number of nitrogens with one attached hydrogen (secondary N) is 1. The molecule has 0 bridgehead atoms. The molecule has 0 aliphatic heterocycles. The van der Waals surface area contributed by atoms with Crippen molar-refractivity contribution in [2.45, 2.75) is 6.42 Å². The molecule has 0 amide bonds. The molecule has 1 aromatic rings. The lowest BCUT2D eigenvalue weighted by atomic mass is 10.1. The van der Waals surface area contributed by atoms with Crippen molar-refractivity contribution in [3.05, 3.63) is 33.0 Å². The van der Waals surface area contributed by atoms with Crippen LogP contribution in [0, 0.1) is 11.2 Å². The smallest absolute Gasteiger partial charge is 0.146 e. The van der Waals surface area contributed by atoms with Crippen LogP contribution < -0.4 is 5.73 Å². The SMILES string of the molecule is N=C(N)Cc1c(Br)ccc(Cl)c1F. The molecule has 0 atom stereocenters. The van der Waals surface area contributed by atoms with E-state index in [0.29, 0.717) is 10.0 Å². The van der Waals surface area contributed by atoms with Crippen LogP contribution in [0.5, 0.6) is 0 Å². The fourth-order valence-electron chi connectivity index (χ4n) is 0.922. The van der Waals surface area contributed by atoms with Crippen molar-refractivity contribution in [1.29, 1.82) is 5.41 Å². The van der Waals surface area contributed by atoms with Gasteiger partial charge in [-0.15, -0.1) is 0 Å². The van der Waals surface area contributed by atoms with Gasteiger partial charge >= 0.3 is 0 Å². The van der Waals surface area contributed by atoms with E-state index in [1.165, 1.54) is 6.07 Å². The van der Waals surface area contributed by atoms with Crippen LogP contribution in [-0.2, 0) is 6.42 Å². The third kappa shape index (κ3) is 2.42. The van der Waals surface area contributed by atoms with Gasteiger partial charge in [-0.3, -0.25) is 5.41 Å². The summed E-state index contributed by atoms with van der Waals surface area (Å²) < 4.78 is 13.9. The molecule has 0 aliphatic rings. The van der Waals surface area contributed by atoms with Crippen molar-refractivity contribution < 1.29 is 4.39 Å². The molecule has 0 saturated carbocycles. The summed E-state index contributed by atoms with van der Waals surface area (Å²) in [6, 6.07) is 3.08. The second kappa shape index (κ2) is 4.07. The predicted molar refractivity (Wildman–Crippen MR) is 54.7 cm³/mol. The highest BCUT2D eigenvalue weighted by Gasteiger charge is 2.11. The van der Waals surface area contributed by atoms with Crippen LogP contribution in [0.25, 0.3) is 0 Å². The maximum Gasteiger partial charge on any atom is 0.146 e. The minimum absolute atomic E-state index is 0.0412. The van der Waals surface area contributed by atoms with Crippen molar-refractivity contribution in [3.8, 4) is 0 Å². The molecule has 0 fully saturated rings. The summed E-state index contributed by atoms with van der Waals surface area (Å²) in [7, 11) is 0. The van der Waals surface area contributed by atoms with E-state index >= 15 is 0 Å². The molecule has 0 unspecified atom stereocenters. The second-order valence-electron chi connectivity index (χ2n) is 2.52. The Morgan fingerprint density at radius 3 is 2.77 bits per heavy atom. The Kier molecular flexibility index (Phi) is 3.27. The highest BCUT2D eigenvalue weighted by molar-refractivity contribution is 9.10. The number of nitrogens with two attached hydrogens (primary N) is 1. The first kappa shape index (κ1) is 10.5. The lowest BCUT2D eigenvalue weighted by Gasteiger charge is -2.05. The predicted octanol–water partition coefficient (Wildman–Crippen LogP) is 2.72.